The van der Waals surface area contributed by atoms with Crippen molar-refractivity contribution in [3.63, 3.8) is 0 Å². The highest BCUT2D eigenvalue weighted by Gasteiger charge is 2.55. The summed E-state index contributed by atoms with van der Waals surface area (Å²) >= 11 is 0. The minimum atomic E-state index is -4.89. The molecule has 0 aromatic rings. The maximum atomic E-state index is 12.7. The number of rotatable bonds is 8. The van der Waals surface area contributed by atoms with Crippen LogP contribution >= 0.6 is 0 Å². The number of aliphatic hydroxyl groups is 1. The molecular formula is C11H19F3N2O2. The summed E-state index contributed by atoms with van der Waals surface area (Å²) in [5.41, 5.74) is 1.25. The van der Waals surface area contributed by atoms with Crippen LogP contribution in [0.5, 0.6) is 0 Å². The van der Waals surface area contributed by atoms with E-state index < -0.39 is 24.0 Å². The van der Waals surface area contributed by atoms with Gasteiger partial charge in [-0.3, -0.25) is 4.99 Å². The van der Waals surface area contributed by atoms with E-state index in [0.717, 1.165) is 12.5 Å². The number of alkyl halides is 3. The average molecular weight is 268 g/mol. The van der Waals surface area contributed by atoms with Gasteiger partial charge in [0.05, 0.1) is 12.3 Å². The van der Waals surface area contributed by atoms with E-state index in [1.165, 1.54) is 0 Å². The minimum Gasteiger partial charge on any atom is -0.381 e. The van der Waals surface area contributed by atoms with Crippen LogP contribution in [0, 0.1) is 0 Å². The third-order valence-corrected chi connectivity index (χ3v) is 2.31. The Bertz CT molecular complexity index is 293. The summed E-state index contributed by atoms with van der Waals surface area (Å²) in [4.78, 5) is 3.22. The fourth-order valence-corrected chi connectivity index (χ4v) is 1.26. The highest BCUT2D eigenvalue weighted by molar-refractivity contribution is 5.33. The molecular weight excluding hydrogens is 249 g/mol. The molecule has 0 aliphatic rings. The number of hydrogen-bond acceptors (Lipinski definition) is 4. The van der Waals surface area contributed by atoms with Gasteiger partial charge in [-0.1, -0.05) is 13.0 Å². The van der Waals surface area contributed by atoms with Crippen LogP contribution in [-0.4, -0.2) is 43.4 Å². The Hall–Kier alpha value is -0.920. The largest absolute Gasteiger partial charge is 0.424 e. The SMILES string of the molecule is C=N/C(=C\CCOCCC)C(O)(CN)C(F)(F)F. The van der Waals surface area contributed by atoms with Gasteiger partial charge >= 0.3 is 6.18 Å². The lowest BCUT2D eigenvalue weighted by molar-refractivity contribution is -0.240. The van der Waals surface area contributed by atoms with Crippen molar-refractivity contribution in [3.8, 4) is 0 Å². The van der Waals surface area contributed by atoms with Gasteiger partial charge in [-0.05, 0) is 19.6 Å². The number of aliphatic imine (C=N–C) groups is 1. The Balaban J connectivity index is 4.73. The zero-order valence-electron chi connectivity index (χ0n) is 10.3. The second-order valence-electron chi connectivity index (χ2n) is 3.71. The molecule has 7 heteroatoms. The highest BCUT2D eigenvalue weighted by atomic mass is 19.4. The van der Waals surface area contributed by atoms with Crippen molar-refractivity contribution >= 4 is 6.72 Å². The van der Waals surface area contributed by atoms with Gasteiger partial charge in [0.1, 0.15) is 0 Å². The van der Waals surface area contributed by atoms with E-state index in [1.807, 2.05) is 6.92 Å². The molecule has 0 saturated heterocycles. The summed E-state index contributed by atoms with van der Waals surface area (Å²) in [5, 5.41) is 9.53. The van der Waals surface area contributed by atoms with Gasteiger partial charge in [-0.15, -0.1) is 0 Å². The summed E-state index contributed by atoms with van der Waals surface area (Å²) in [5.74, 6) is 0. The van der Waals surface area contributed by atoms with Gasteiger partial charge in [0.2, 0.25) is 5.60 Å². The van der Waals surface area contributed by atoms with Crippen molar-refractivity contribution in [3.05, 3.63) is 11.8 Å². The lowest BCUT2D eigenvalue weighted by Gasteiger charge is -2.29. The molecule has 0 rings (SSSR count). The molecule has 0 heterocycles. The van der Waals surface area contributed by atoms with E-state index in [9.17, 15) is 18.3 Å². The predicted molar refractivity (Wildman–Crippen MR) is 63.4 cm³/mol. The molecule has 1 atom stereocenters. The molecule has 0 saturated carbocycles. The lowest BCUT2D eigenvalue weighted by atomic mass is 9.98. The molecule has 18 heavy (non-hydrogen) atoms. The Morgan fingerprint density at radius 3 is 2.44 bits per heavy atom. The number of halogens is 3. The number of nitrogens with zero attached hydrogens (tertiary/aromatic N) is 1. The standard InChI is InChI=1S/C11H19F3N2O2/c1-3-6-18-7-4-5-9(16-2)10(17,8-15)11(12,13)14/h5,17H,2-4,6-8,15H2,1H3/b9-5-. The minimum absolute atomic E-state index is 0.201. The van der Waals surface area contributed by atoms with Crippen LogP contribution in [-0.2, 0) is 4.74 Å². The molecule has 0 aromatic heterocycles. The zero-order valence-corrected chi connectivity index (χ0v) is 10.3. The summed E-state index contributed by atoms with van der Waals surface area (Å²) in [6.07, 6.45) is -2.72. The van der Waals surface area contributed by atoms with Crippen LogP contribution in [0.1, 0.15) is 19.8 Å². The first-order chi connectivity index (χ1) is 8.33. The fraction of sp³-hybridized carbons (Fsp3) is 0.727. The molecule has 0 aromatic carbocycles. The Morgan fingerprint density at radius 1 is 1.44 bits per heavy atom. The monoisotopic (exact) mass is 268 g/mol. The van der Waals surface area contributed by atoms with Crippen LogP contribution in [0.3, 0.4) is 0 Å². The average Bonchev–Trinajstić information content (AvgIpc) is 2.31. The first kappa shape index (κ1) is 17.1. The topological polar surface area (TPSA) is 67.8 Å². The summed E-state index contributed by atoms with van der Waals surface area (Å²) in [6, 6.07) is 0. The molecule has 0 spiro atoms. The first-order valence-corrected chi connectivity index (χ1v) is 5.57. The molecule has 0 fully saturated rings. The lowest BCUT2D eigenvalue weighted by Crippen LogP contribution is -2.52. The second-order valence-corrected chi connectivity index (χ2v) is 3.71. The van der Waals surface area contributed by atoms with E-state index in [-0.39, 0.29) is 13.0 Å². The van der Waals surface area contributed by atoms with Crippen molar-refractivity contribution in [2.75, 3.05) is 19.8 Å². The fourth-order valence-electron chi connectivity index (χ4n) is 1.26. The third kappa shape index (κ3) is 4.40. The van der Waals surface area contributed by atoms with Crippen molar-refractivity contribution in [1.29, 1.82) is 0 Å². The van der Waals surface area contributed by atoms with Crippen LogP contribution in [0.15, 0.2) is 16.8 Å². The molecule has 0 amide bonds. The summed E-state index contributed by atoms with van der Waals surface area (Å²) in [6.45, 7) is 4.73. The first-order valence-electron chi connectivity index (χ1n) is 5.57. The van der Waals surface area contributed by atoms with Crippen molar-refractivity contribution in [2.45, 2.75) is 31.5 Å². The van der Waals surface area contributed by atoms with Crippen LogP contribution in [0.2, 0.25) is 0 Å². The summed E-state index contributed by atoms with van der Waals surface area (Å²) < 4.78 is 43.2. The van der Waals surface area contributed by atoms with Crippen molar-refractivity contribution in [2.24, 2.45) is 10.7 Å². The van der Waals surface area contributed by atoms with Crippen molar-refractivity contribution < 1.29 is 23.0 Å². The molecule has 0 bridgehead atoms. The van der Waals surface area contributed by atoms with Gasteiger partial charge in [0.15, 0.2) is 0 Å². The quantitative estimate of drug-likeness (QED) is 0.519. The van der Waals surface area contributed by atoms with Gasteiger partial charge in [0.25, 0.3) is 0 Å². The molecule has 4 nitrogen and oxygen atoms in total. The third-order valence-electron chi connectivity index (χ3n) is 2.31. The molecule has 0 radical (unpaired) electrons. The Morgan fingerprint density at radius 2 is 2.06 bits per heavy atom. The van der Waals surface area contributed by atoms with E-state index in [1.54, 1.807) is 0 Å². The highest BCUT2D eigenvalue weighted by Crippen LogP contribution is 2.35. The van der Waals surface area contributed by atoms with E-state index in [0.29, 0.717) is 6.61 Å². The maximum absolute atomic E-state index is 12.7. The molecule has 0 aliphatic carbocycles. The van der Waals surface area contributed by atoms with Crippen LogP contribution in [0.25, 0.3) is 0 Å². The molecule has 3 N–H and O–H groups in total. The van der Waals surface area contributed by atoms with Gasteiger partial charge < -0.3 is 15.6 Å². The molecule has 106 valence electrons. The second kappa shape index (κ2) is 7.50. The summed E-state index contributed by atoms with van der Waals surface area (Å²) in [7, 11) is 0. The Labute approximate surface area is 104 Å². The number of hydrogen-bond donors (Lipinski definition) is 2. The van der Waals surface area contributed by atoms with Gasteiger partial charge in [-0.25, -0.2) is 0 Å². The van der Waals surface area contributed by atoms with Gasteiger partial charge in [-0.2, -0.15) is 13.2 Å². The van der Waals surface area contributed by atoms with Crippen LogP contribution < -0.4 is 5.73 Å². The van der Waals surface area contributed by atoms with E-state index in [4.69, 9.17) is 10.5 Å². The van der Waals surface area contributed by atoms with Crippen molar-refractivity contribution in [1.82, 2.24) is 0 Å². The molecule has 0 aliphatic heterocycles. The number of nitrogens with two attached hydrogens (primary N) is 1. The maximum Gasteiger partial charge on any atom is 0.424 e. The van der Waals surface area contributed by atoms with Crippen LogP contribution in [0.4, 0.5) is 13.2 Å². The van der Waals surface area contributed by atoms with E-state index in [2.05, 4.69) is 11.7 Å². The van der Waals surface area contributed by atoms with E-state index >= 15 is 0 Å². The zero-order chi connectivity index (χ0) is 14.2. The Kier molecular flexibility index (Phi) is 7.12. The predicted octanol–water partition coefficient (Wildman–Crippen LogP) is 1.64. The normalized spacial score (nSPS) is 16.4. The van der Waals surface area contributed by atoms with Gasteiger partial charge in [0, 0.05) is 13.2 Å². The smallest absolute Gasteiger partial charge is 0.381 e. The molecule has 1 unspecified atom stereocenters. The number of ether oxygens (including phenoxy) is 1.